The van der Waals surface area contributed by atoms with Gasteiger partial charge in [-0.25, -0.2) is 0 Å². The predicted octanol–water partition coefficient (Wildman–Crippen LogP) is 2.13. The molecular formula is C13H25NO3. The van der Waals surface area contributed by atoms with E-state index < -0.39 is 0 Å². The number of carbonyl (C=O) groups excluding carboxylic acids is 2. The topological polar surface area (TPSA) is 55.4 Å². The molecule has 0 radical (unpaired) electrons. The summed E-state index contributed by atoms with van der Waals surface area (Å²) in [7, 11) is 1.33. The van der Waals surface area contributed by atoms with E-state index in [1.165, 1.54) is 7.11 Å². The minimum absolute atomic E-state index is 0.0905. The van der Waals surface area contributed by atoms with Crippen LogP contribution in [0.4, 0.5) is 0 Å². The average Bonchev–Trinajstić information content (AvgIpc) is 2.21. The third-order valence-corrected chi connectivity index (χ3v) is 2.51. The maximum Gasteiger partial charge on any atom is 0.306 e. The first-order chi connectivity index (χ1) is 7.76. The largest absolute Gasteiger partial charge is 0.469 e. The molecule has 0 aliphatic rings. The summed E-state index contributed by atoms with van der Waals surface area (Å²) in [5.41, 5.74) is 0.0924. The highest BCUT2D eigenvalue weighted by Crippen LogP contribution is 2.24. The molecule has 0 spiro atoms. The number of amides is 1. The Morgan fingerprint density at radius 3 is 2.29 bits per heavy atom. The fourth-order valence-corrected chi connectivity index (χ4v) is 1.92. The van der Waals surface area contributed by atoms with Gasteiger partial charge in [-0.05, 0) is 17.8 Å². The van der Waals surface area contributed by atoms with Crippen molar-refractivity contribution in [3.63, 3.8) is 0 Å². The molecule has 4 heteroatoms. The van der Waals surface area contributed by atoms with Gasteiger partial charge < -0.3 is 10.1 Å². The number of carbonyl (C=O) groups is 2. The van der Waals surface area contributed by atoms with Crippen molar-refractivity contribution in [3.05, 3.63) is 0 Å². The van der Waals surface area contributed by atoms with Crippen molar-refractivity contribution in [1.82, 2.24) is 5.32 Å². The van der Waals surface area contributed by atoms with Crippen LogP contribution < -0.4 is 5.32 Å². The van der Waals surface area contributed by atoms with Crippen LogP contribution in [0.3, 0.4) is 0 Å². The number of ether oxygens (including phenoxy) is 1. The van der Waals surface area contributed by atoms with E-state index in [0.29, 0.717) is 12.5 Å². The first-order valence-electron chi connectivity index (χ1n) is 6.10. The lowest BCUT2D eigenvalue weighted by Crippen LogP contribution is -2.34. The van der Waals surface area contributed by atoms with Crippen molar-refractivity contribution in [3.8, 4) is 0 Å². The Morgan fingerprint density at radius 2 is 1.82 bits per heavy atom. The quantitative estimate of drug-likeness (QED) is 0.697. The van der Waals surface area contributed by atoms with Crippen LogP contribution >= 0.6 is 0 Å². The van der Waals surface area contributed by atoms with Crippen LogP contribution in [-0.4, -0.2) is 25.5 Å². The van der Waals surface area contributed by atoms with Gasteiger partial charge in [-0.3, -0.25) is 9.59 Å². The Hall–Kier alpha value is -1.06. The van der Waals surface area contributed by atoms with E-state index in [2.05, 4.69) is 37.7 Å². The van der Waals surface area contributed by atoms with Gasteiger partial charge in [-0.2, -0.15) is 0 Å². The van der Waals surface area contributed by atoms with Gasteiger partial charge in [0.1, 0.15) is 0 Å². The third-order valence-electron chi connectivity index (χ3n) is 2.51. The maximum atomic E-state index is 11.5. The monoisotopic (exact) mass is 243 g/mol. The molecule has 100 valence electrons. The summed E-state index contributed by atoms with van der Waals surface area (Å²) in [5, 5.41) is 2.86. The van der Waals surface area contributed by atoms with Crippen LogP contribution in [0.25, 0.3) is 0 Å². The lowest BCUT2D eigenvalue weighted by molar-refractivity contribution is -0.142. The van der Waals surface area contributed by atoms with Gasteiger partial charge in [0, 0.05) is 13.0 Å². The third kappa shape index (κ3) is 8.72. The first-order valence-corrected chi connectivity index (χ1v) is 6.10. The Kier molecular flexibility index (Phi) is 6.85. The fourth-order valence-electron chi connectivity index (χ4n) is 1.92. The molecule has 0 fully saturated rings. The zero-order chi connectivity index (χ0) is 13.5. The Morgan fingerprint density at radius 1 is 1.24 bits per heavy atom. The van der Waals surface area contributed by atoms with Gasteiger partial charge in [0.25, 0.3) is 0 Å². The zero-order valence-corrected chi connectivity index (χ0v) is 11.6. The summed E-state index contributed by atoms with van der Waals surface area (Å²) < 4.78 is 4.48. The standard InChI is InChI=1S/C13H25NO3/c1-10(2)8-13(3,4)9-14-11(15)6-7-12(16)17-5/h10H,6-9H2,1-5H3,(H,14,15). The van der Waals surface area contributed by atoms with Gasteiger partial charge in [-0.1, -0.05) is 27.7 Å². The van der Waals surface area contributed by atoms with Gasteiger partial charge in [0.05, 0.1) is 13.5 Å². The predicted molar refractivity (Wildman–Crippen MR) is 67.5 cm³/mol. The second-order valence-corrected chi connectivity index (χ2v) is 5.62. The van der Waals surface area contributed by atoms with Crippen molar-refractivity contribution in [2.45, 2.75) is 47.0 Å². The Balaban J connectivity index is 3.86. The fraction of sp³-hybridized carbons (Fsp3) is 0.846. The minimum atomic E-state index is -0.346. The van der Waals surface area contributed by atoms with E-state index in [4.69, 9.17) is 0 Å². The molecule has 1 N–H and O–H groups in total. The van der Waals surface area contributed by atoms with Gasteiger partial charge in [0.2, 0.25) is 5.91 Å². The summed E-state index contributed by atoms with van der Waals surface area (Å²) in [6.07, 6.45) is 1.40. The van der Waals surface area contributed by atoms with Crippen LogP contribution in [0.5, 0.6) is 0 Å². The SMILES string of the molecule is COC(=O)CCC(=O)NCC(C)(C)CC(C)C. The molecular weight excluding hydrogens is 218 g/mol. The first kappa shape index (κ1) is 15.9. The molecule has 0 aliphatic heterocycles. The second-order valence-electron chi connectivity index (χ2n) is 5.62. The molecule has 0 atom stereocenters. The normalized spacial score (nSPS) is 11.4. The summed E-state index contributed by atoms with van der Waals surface area (Å²) in [6.45, 7) is 9.24. The van der Waals surface area contributed by atoms with E-state index >= 15 is 0 Å². The van der Waals surface area contributed by atoms with Crippen molar-refractivity contribution in [2.24, 2.45) is 11.3 Å². The molecule has 0 aromatic heterocycles. The summed E-state index contributed by atoms with van der Waals surface area (Å²) in [5.74, 6) is 0.172. The number of esters is 1. The molecule has 0 heterocycles. The molecule has 0 aromatic carbocycles. The van der Waals surface area contributed by atoms with Crippen molar-refractivity contribution in [1.29, 1.82) is 0 Å². The molecule has 0 saturated carbocycles. The molecule has 4 nitrogen and oxygen atoms in total. The van der Waals surface area contributed by atoms with Crippen LogP contribution in [0, 0.1) is 11.3 Å². The van der Waals surface area contributed by atoms with E-state index in [1.54, 1.807) is 0 Å². The van der Waals surface area contributed by atoms with E-state index in [9.17, 15) is 9.59 Å². The van der Waals surface area contributed by atoms with Gasteiger partial charge in [0.15, 0.2) is 0 Å². The van der Waals surface area contributed by atoms with Gasteiger partial charge in [-0.15, -0.1) is 0 Å². The van der Waals surface area contributed by atoms with Crippen LogP contribution in [0.15, 0.2) is 0 Å². The number of hydrogen-bond acceptors (Lipinski definition) is 3. The number of nitrogens with one attached hydrogen (secondary N) is 1. The second kappa shape index (κ2) is 7.30. The van der Waals surface area contributed by atoms with Crippen molar-refractivity contribution < 1.29 is 14.3 Å². The highest BCUT2D eigenvalue weighted by atomic mass is 16.5. The molecule has 0 saturated heterocycles. The maximum absolute atomic E-state index is 11.5. The summed E-state index contributed by atoms with van der Waals surface area (Å²) in [4.78, 5) is 22.3. The highest BCUT2D eigenvalue weighted by molar-refractivity contribution is 5.81. The van der Waals surface area contributed by atoms with Crippen molar-refractivity contribution in [2.75, 3.05) is 13.7 Å². The number of hydrogen-bond donors (Lipinski definition) is 1. The van der Waals surface area contributed by atoms with E-state index in [0.717, 1.165) is 6.42 Å². The minimum Gasteiger partial charge on any atom is -0.469 e. The number of rotatable bonds is 7. The Labute approximate surface area is 104 Å². The number of methoxy groups -OCH3 is 1. The lowest BCUT2D eigenvalue weighted by atomic mass is 9.84. The molecule has 0 bridgehead atoms. The van der Waals surface area contributed by atoms with Crippen LogP contribution in [0.1, 0.15) is 47.0 Å². The molecule has 0 unspecified atom stereocenters. The van der Waals surface area contributed by atoms with Crippen LogP contribution in [-0.2, 0) is 14.3 Å². The van der Waals surface area contributed by atoms with Crippen molar-refractivity contribution >= 4 is 11.9 Å². The van der Waals surface area contributed by atoms with E-state index in [-0.39, 0.29) is 30.1 Å². The molecule has 0 aromatic rings. The molecule has 0 aliphatic carbocycles. The van der Waals surface area contributed by atoms with Crippen LogP contribution in [0.2, 0.25) is 0 Å². The molecule has 0 rings (SSSR count). The summed E-state index contributed by atoms with van der Waals surface area (Å²) in [6, 6.07) is 0. The molecule has 1 amide bonds. The van der Waals surface area contributed by atoms with Gasteiger partial charge >= 0.3 is 5.97 Å². The lowest BCUT2D eigenvalue weighted by Gasteiger charge is -2.26. The average molecular weight is 243 g/mol. The molecule has 17 heavy (non-hydrogen) atoms. The van der Waals surface area contributed by atoms with E-state index in [1.807, 2.05) is 0 Å². The highest BCUT2D eigenvalue weighted by Gasteiger charge is 2.20. The Bertz CT molecular complexity index is 259. The smallest absolute Gasteiger partial charge is 0.306 e. The zero-order valence-electron chi connectivity index (χ0n) is 11.6. The summed E-state index contributed by atoms with van der Waals surface area (Å²) >= 11 is 0.